The molecule has 118 valence electrons. The number of amides is 2. The summed E-state index contributed by atoms with van der Waals surface area (Å²) in [7, 11) is 1.66. The molecule has 1 aliphatic heterocycles. The summed E-state index contributed by atoms with van der Waals surface area (Å²) >= 11 is 0. The van der Waals surface area contributed by atoms with Crippen molar-refractivity contribution in [2.75, 3.05) is 26.8 Å². The maximum absolute atomic E-state index is 12.5. The van der Waals surface area contributed by atoms with E-state index in [1.165, 1.54) is 6.42 Å². The van der Waals surface area contributed by atoms with E-state index in [0.717, 1.165) is 18.8 Å². The molecular formula is C16H26N2O3. The van der Waals surface area contributed by atoms with Crippen molar-refractivity contribution >= 4 is 6.03 Å². The van der Waals surface area contributed by atoms with Gasteiger partial charge in [-0.15, -0.1) is 0 Å². The summed E-state index contributed by atoms with van der Waals surface area (Å²) in [6, 6.07) is 3.58. The lowest BCUT2D eigenvalue weighted by atomic mass is 9.92. The van der Waals surface area contributed by atoms with Crippen LogP contribution >= 0.6 is 0 Å². The number of ether oxygens (including phenoxy) is 1. The van der Waals surface area contributed by atoms with Gasteiger partial charge in [-0.1, -0.05) is 13.8 Å². The highest BCUT2D eigenvalue weighted by Gasteiger charge is 2.27. The van der Waals surface area contributed by atoms with Crippen molar-refractivity contribution in [3.63, 3.8) is 0 Å². The Morgan fingerprint density at radius 2 is 2.19 bits per heavy atom. The van der Waals surface area contributed by atoms with Crippen LogP contribution in [0.15, 0.2) is 22.8 Å². The number of methoxy groups -OCH3 is 1. The zero-order chi connectivity index (χ0) is 15.2. The van der Waals surface area contributed by atoms with E-state index in [1.807, 2.05) is 17.0 Å². The lowest BCUT2D eigenvalue weighted by molar-refractivity contribution is 0.137. The Bertz CT molecular complexity index is 423. The molecular weight excluding hydrogens is 268 g/mol. The molecule has 21 heavy (non-hydrogen) atoms. The smallest absolute Gasteiger partial charge is 0.318 e. The van der Waals surface area contributed by atoms with Gasteiger partial charge in [0.1, 0.15) is 5.76 Å². The van der Waals surface area contributed by atoms with Gasteiger partial charge in [0, 0.05) is 26.8 Å². The van der Waals surface area contributed by atoms with E-state index >= 15 is 0 Å². The van der Waals surface area contributed by atoms with Crippen LogP contribution in [0.2, 0.25) is 0 Å². The second-order valence-electron chi connectivity index (χ2n) is 6.15. The van der Waals surface area contributed by atoms with Crippen molar-refractivity contribution in [2.45, 2.75) is 32.7 Å². The van der Waals surface area contributed by atoms with Crippen LogP contribution in [0, 0.1) is 11.8 Å². The normalized spacial score (nSPS) is 23.9. The van der Waals surface area contributed by atoms with Crippen LogP contribution in [0.1, 0.15) is 38.5 Å². The van der Waals surface area contributed by atoms with Gasteiger partial charge in [-0.2, -0.15) is 0 Å². The third-order valence-electron chi connectivity index (χ3n) is 3.95. The second kappa shape index (κ2) is 7.50. The minimum atomic E-state index is -0.139. The predicted molar refractivity (Wildman–Crippen MR) is 81.0 cm³/mol. The highest BCUT2D eigenvalue weighted by Crippen LogP contribution is 2.22. The molecule has 2 rings (SSSR count). The Balaban J connectivity index is 1.97. The van der Waals surface area contributed by atoms with E-state index in [0.29, 0.717) is 24.9 Å². The lowest BCUT2D eigenvalue weighted by Crippen LogP contribution is -2.48. The zero-order valence-electron chi connectivity index (χ0n) is 13.2. The van der Waals surface area contributed by atoms with Gasteiger partial charge in [-0.05, 0) is 36.8 Å². The third kappa shape index (κ3) is 4.49. The van der Waals surface area contributed by atoms with Crippen LogP contribution in [-0.2, 0) is 4.74 Å². The molecule has 2 amide bonds. The van der Waals surface area contributed by atoms with Crippen LogP contribution in [-0.4, -0.2) is 37.7 Å². The number of hydrogen-bond donors (Lipinski definition) is 1. The fourth-order valence-corrected chi connectivity index (χ4v) is 3.08. The molecule has 0 aromatic carbocycles. The topological polar surface area (TPSA) is 54.7 Å². The fraction of sp³-hybridized carbons (Fsp3) is 0.688. The quantitative estimate of drug-likeness (QED) is 0.908. The molecule has 1 aliphatic rings. The number of nitrogens with one attached hydrogen (secondary N) is 1. The first-order chi connectivity index (χ1) is 10.1. The van der Waals surface area contributed by atoms with Crippen LogP contribution in [0.5, 0.6) is 0 Å². The molecule has 1 N–H and O–H groups in total. The maximum Gasteiger partial charge on any atom is 0.318 e. The average Bonchev–Trinajstić information content (AvgIpc) is 2.96. The van der Waals surface area contributed by atoms with Gasteiger partial charge in [0.05, 0.1) is 12.3 Å². The highest BCUT2D eigenvalue weighted by atomic mass is 16.5. The van der Waals surface area contributed by atoms with Gasteiger partial charge in [0.2, 0.25) is 0 Å². The number of hydrogen-bond acceptors (Lipinski definition) is 3. The first kappa shape index (κ1) is 15.9. The molecule has 1 saturated heterocycles. The zero-order valence-corrected chi connectivity index (χ0v) is 13.2. The molecule has 0 spiro atoms. The molecule has 3 atom stereocenters. The van der Waals surface area contributed by atoms with E-state index in [1.54, 1.807) is 13.4 Å². The second-order valence-corrected chi connectivity index (χ2v) is 6.15. The van der Waals surface area contributed by atoms with Crippen molar-refractivity contribution in [3.8, 4) is 0 Å². The number of carbonyl (C=O) groups is 1. The number of urea groups is 1. The Hall–Kier alpha value is -1.49. The Labute approximate surface area is 126 Å². The fourth-order valence-electron chi connectivity index (χ4n) is 3.08. The van der Waals surface area contributed by atoms with Crippen LogP contribution in [0.4, 0.5) is 4.79 Å². The highest BCUT2D eigenvalue weighted by molar-refractivity contribution is 5.74. The van der Waals surface area contributed by atoms with E-state index in [4.69, 9.17) is 9.15 Å². The number of carbonyl (C=O) groups excluding carboxylic acids is 1. The van der Waals surface area contributed by atoms with Crippen LogP contribution < -0.4 is 5.32 Å². The molecule has 1 aromatic heterocycles. The van der Waals surface area contributed by atoms with Crippen molar-refractivity contribution in [3.05, 3.63) is 24.2 Å². The molecule has 5 heteroatoms. The van der Waals surface area contributed by atoms with E-state index in [-0.39, 0.29) is 12.1 Å². The van der Waals surface area contributed by atoms with Crippen molar-refractivity contribution in [2.24, 2.45) is 11.8 Å². The number of likely N-dealkylation sites (tertiary alicyclic amines) is 1. The summed E-state index contributed by atoms with van der Waals surface area (Å²) in [5, 5.41) is 3.08. The Morgan fingerprint density at radius 1 is 1.48 bits per heavy atom. The molecule has 0 unspecified atom stereocenters. The number of nitrogens with zero attached hydrogens (tertiary/aromatic N) is 1. The Morgan fingerprint density at radius 3 is 2.76 bits per heavy atom. The van der Waals surface area contributed by atoms with Gasteiger partial charge in [0.25, 0.3) is 0 Å². The molecule has 2 heterocycles. The summed E-state index contributed by atoms with van der Waals surface area (Å²) in [6.45, 7) is 6.63. The Kier molecular flexibility index (Phi) is 5.67. The molecule has 0 radical (unpaired) electrons. The molecule has 1 fully saturated rings. The van der Waals surface area contributed by atoms with Gasteiger partial charge in [-0.3, -0.25) is 0 Å². The lowest BCUT2D eigenvalue weighted by Gasteiger charge is -2.35. The maximum atomic E-state index is 12.5. The molecule has 5 nitrogen and oxygen atoms in total. The van der Waals surface area contributed by atoms with Crippen molar-refractivity contribution in [1.82, 2.24) is 10.2 Å². The van der Waals surface area contributed by atoms with Crippen molar-refractivity contribution < 1.29 is 13.9 Å². The average molecular weight is 294 g/mol. The summed E-state index contributed by atoms with van der Waals surface area (Å²) in [4.78, 5) is 14.4. The monoisotopic (exact) mass is 294 g/mol. The van der Waals surface area contributed by atoms with Crippen molar-refractivity contribution in [1.29, 1.82) is 0 Å². The summed E-state index contributed by atoms with van der Waals surface area (Å²) in [6.07, 6.45) is 3.52. The molecule has 0 bridgehead atoms. The third-order valence-corrected chi connectivity index (χ3v) is 3.95. The standard InChI is InChI=1S/C16H26N2O3/c1-12-9-13(2)11-18(10-12)16(19)17-14(6-8-20-3)15-5-4-7-21-15/h4-5,7,12-14H,6,8-11H2,1-3H3,(H,17,19)/t12-,13+,14-/m0/s1. The summed E-state index contributed by atoms with van der Waals surface area (Å²) in [5.74, 6) is 1.89. The predicted octanol–water partition coefficient (Wildman–Crippen LogP) is 3.04. The van der Waals surface area contributed by atoms with E-state index in [2.05, 4.69) is 19.2 Å². The largest absolute Gasteiger partial charge is 0.467 e. The molecule has 0 saturated carbocycles. The van der Waals surface area contributed by atoms with Gasteiger partial charge >= 0.3 is 6.03 Å². The van der Waals surface area contributed by atoms with Gasteiger partial charge < -0.3 is 19.4 Å². The van der Waals surface area contributed by atoms with Gasteiger partial charge in [-0.25, -0.2) is 4.79 Å². The number of rotatable bonds is 5. The molecule has 1 aromatic rings. The molecule has 0 aliphatic carbocycles. The van der Waals surface area contributed by atoms with Gasteiger partial charge in [0.15, 0.2) is 0 Å². The van der Waals surface area contributed by atoms with E-state index in [9.17, 15) is 4.79 Å². The van der Waals surface area contributed by atoms with Crippen LogP contribution in [0.3, 0.4) is 0 Å². The summed E-state index contributed by atoms with van der Waals surface area (Å²) < 4.78 is 10.6. The summed E-state index contributed by atoms with van der Waals surface area (Å²) in [5.41, 5.74) is 0. The minimum absolute atomic E-state index is 0.00842. The number of furan rings is 1. The first-order valence-electron chi connectivity index (χ1n) is 7.68. The first-order valence-corrected chi connectivity index (χ1v) is 7.68. The minimum Gasteiger partial charge on any atom is -0.467 e. The number of piperidine rings is 1. The van der Waals surface area contributed by atoms with E-state index < -0.39 is 0 Å². The van der Waals surface area contributed by atoms with Crippen LogP contribution in [0.25, 0.3) is 0 Å². The SMILES string of the molecule is COCC[C@H](NC(=O)N1C[C@H](C)C[C@H](C)C1)c1ccco1.